The van der Waals surface area contributed by atoms with Crippen molar-refractivity contribution in [2.24, 2.45) is 0 Å². The lowest BCUT2D eigenvalue weighted by molar-refractivity contribution is -0.141. The lowest BCUT2D eigenvalue weighted by Crippen LogP contribution is -2.34. The van der Waals surface area contributed by atoms with Gasteiger partial charge in [0.15, 0.2) is 0 Å². The number of carbonyl (C=O) groups is 2. The Hall–Kier alpha value is -3.39. The number of carbonyl (C=O) groups excluding carboxylic acids is 2. The molecular weight excluding hydrogens is 476 g/mol. The fourth-order valence-corrected chi connectivity index (χ4v) is 4.41. The zero-order chi connectivity index (χ0) is 26.1. The molecule has 1 atom stereocenters. The molecule has 0 spiro atoms. The van der Waals surface area contributed by atoms with E-state index in [1.807, 2.05) is 68.6 Å². The number of ether oxygens (including phenoxy) is 3. The summed E-state index contributed by atoms with van der Waals surface area (Å²) in [6.45, 7) is 5.94. The minimum absolute atomic E-state index is 0.0846. The Bertz CT molecular complexity index is 1120. The summed E-state index contributed by atoms with van der Waals surface area (Å²) in [5.41, 5.74) is 1.38. The summed E-state index contributed by atoms with van der Waals surface area (Å²) in [7, 11) is 3.07. The monoisotopic (exact) mass is 510 g/mol. The molecule has 8 heteroatoms. The number of amides is 1. The number of methoxy groups -OCH3 is 1. The molecule has 0 radical (unpaired) electrons. The van der Waals surface area contributed by atoms with Gasteiger partial charge in [-0.15, -0.1) is 11.3 Å². The Kier molecular flexibility index (Phi) is 9.47. The highest BCUT2D eigenvalue weighted by atomic mass is 32.1. The summed E-state index contributed by atoms with van der Waals surface area (Å²) in [5, 5.41) is 2.02. The van der Waals surface area contributed by atoms with Crippen molar-refractivity contribution in [3.05, 3.63) is 76.1 Å². The molecule has 0 aliphatic heterocycles. The second-order valence-electron chi connectivity index (χ2n) is 9.47. The Labute approximate surface area is 217 Å². The standard InChI is InChI=1S/C28H34N2O5S/c1-28(2,3)35-27(32)30(4)25-10-6-8-22(29-25)15-16-34-23-13-11-20(12-14-23)18-21(19-26(31)33-5)24-9-7-17-36-24/h6-14,17,21H,15-16,18-19H2,1-5H3. The van der Waals surface area contributed by atoms with E-state index in [0.717, 1.165) is 23.4 Å². The molecule has 0 saturated heterocycles. The van der Waals surface area contributed by atoms with Crippen molar-refractivity contribution < 1.29 is 23.8 Å². The quantitative estimate of drug-likeness (QED) is 0.310. The topological polar surface area (TPSA) is 78.0 Å². The zero-order valence-corrected chi connectivity index (χ0v) is 22.3. The summed E-state index contributed by atoms with van der Waals surface area (Å²) in [5.74, 6) is 1.17. The predicted octanol–water partition coefficient (Wildman–Crippen LogP) is 6.03. The van der Waals surface area contributed by atoms with Crippen LogP contribution in [0.5, 0.6) is 5.75 Å². The molecule has 2 heterocycles. The van der Waals surface area contributed by atoms with Crippen molar-refractivity contribution >= 4 is 29.2 Å². The summed E-state index contributed by atoms with van der Waals surface area (Å²) in [6, 6.07) is 17.6. The van der Waals surface area contributed by atoms with E-state index in [1.54, 1.807) is 24.5 Å². The van der Waals surface area contributed by atoms with E-state index in [-0.39, 0.29) is 11.9 Å². The molecule has 192 valence electrons. The number of nitrogens with zero attached hydrogens (tertiary/aromatic N) is 2. The summed E-state index contributed by atoms with van der Waals surface area (Å²) in [6.07, 6.45) is 1.25. The molecule has 36 heavy (non-hydrogen) atoms. The first-order valence-corrected chi connectivity index (χ1v) is 12.8. The highest BCUT2D eigenvalue weighted by Gasteiger charge is 2.21. The molecule has 0 aliphatic rings. The van der Waals surface area contributed by atoms with Crippen molar-refractivity contribution in [2.75, 3.05) is 25.7 Å². The normalized spacial score (nSPS) is 12.0. The molecule has 2 aromatic heterocycles. The number of thiophene rings is 1. The van der Waals surface area contributed by atoms with Crippen LogP contribution in [0, 0.1) is 0 Å². The van der Waals surface area contributed by atoms with Crippen molar-refractivity contribution in [3.8, 4) is 5.75 Å². The molecule has 0 fully saturated rings. The molecule has 1 aromatic carbocycles. The third kappa shape index (κ3) is 8.37. The van der Waals surface area contributed by atoms with Crippen LogP contribution in [-0.2, 0) is 27.1 Å². The Balaban J connectivity index is 1.54. The number of aromatic nitrogens is 1. The SMILES string of the molecule is COC(=O)CC(Cc1ccc(OCCc2cccc(N(C)C(=O)OC(C)(C)C)n2)cc1)c1cccs1. The highest BCUT2D eigenvalue weighted by Crippen LogP contribution is 2.29. The number of anilines is 1. The van der Waals surface area contributed by atoms with Gasteiger partial charge in [0.1, 0.15) is 17.2 Å². The smallest absolute Gasteiger partial charge is 0.415 e. The molecule has 0 bridgehead atoms. The number of benzene rings is 1. The van der Waals surface area contributed by atoms with Gasteiger partial charge in [0.25, 0.3) is 0 Å². The van der Waals surface area contributed by atoms with Gasteiger partial charge in [-0.25, -0.2) is 9.78 Å². The Morgan fingerprint density at radius 3 is 2.44 bits per heavy atom. The van der Waals surface area contributed by atoms with Gasteiger partial charge >= 0.3 is 12.1 Å². The minimum atomic E-state index is -0.571. The van der Waals surface area contributed by atoms with Gasteiger partial charge < -0.3 is 14.2 Å². The van der Waals surface area contributed by atoms with Gasteiger partial charge in [-0.1, -0.05) is 24.3 Å². The van der Waals surface area contributed by atoms with Gasteiger partial charge in [-0.2, -0.15) is 0 Å². The van der Waals surface area contributed by atoms with E-state index in [4.69, 9.17) is 14.2 Å². The van der Waals surface area contributed by atoms with Gasteiger partial charge in [0, 0.05) is 30.0 Å². The molecule has 0 N–H and O–H groups in total. The first-order valence-electron chi connectivity index (χ1n) is 11.9. The van der Waals surface area contributed by atoms with Crippen LogP contribution in [0.15, 0.2) is 60.0 Å². The van der Waals surface area contributed by atoms with Crippen LogP contribution in [0.3, 0.4) is 0 Å². The summed E-state index contributed by atoms with van der Waals surface area (Å²) in [4.78, 5) is 31.3. The van der Waals surface area contributed by atoms with Crippen LogP contribution in [0.4, 0.5) is 10.6 Å². The van der Waals surface area contributed by atoms with E-state index >= 15 is 0 Å². The number of hydrogen-bond donors (Lipinski definition) is 0. The molecule has 3 aromatic rings. The van der Waals surface area contributed by atoms with Gasteiger partial charge in [0.05, 0.1) is 20.1 Å². The van der Waals surface area contributed by atoms with E-state index < -0.39 is 11.7 Å². The predicted molar refractivity (Wildman–Crippen MR) is 142 cm³/mol. The fourth-order valence-electron chi connectivity index (χ4n) is 3.58. The lowest BCUT2D eigenvalue weighted by Gasteiger charge is -2.24. The summed E-state index contributed by atoms with van der Waals surface area (Å²) >= 11 is 1.65. The first kappa shape index (κ1) is 27.2. The molecule has 7 nitrogen and oxygen atoms in total. The van der Waals surface area contributed by atoms with E-state index in [0.29, 0.717) is 25.3 Å². The second kappa shape index (κ2) is 12.5. The van der Waals surface area contributed by atoms with Crippen molar-refractivity contribution in [1.82, 2.24) is 4.98 Å². The third-order valence-corrected chi connectivity index (χ3v) is 6.46. The Morgan fingerprint density at radius 1 is 1.06 bits per heavy atom. The molecule has 1 unspecified atom stereocenters. The van der Waals surface area contributed by atoms with Crippen molar-refractivity contribution in [1.29, 1.82) is 0 Å². The van der Waals surface area contributed by atoms with Crippen LogP contribution in [-0.4, -0.2) is 43.4 Å². The number of rotatable bonds is 10. The molecule has 0 saturated carbocycles. The van der Waals surface area contributed by atoms with Crippen LogP contribution in [0.2, 0.25) is 0 Å². The van der Waals surface area contributed by atoms with E-state index in [1.165, 1.54) is 16.9 Å². The molecule has 1 amide bonds. The van der Waals surface area contributed by atoms with Crippen LogP contribution >= 0.6 is 11.3 Å². The zero-order valence-electron chi connectivity index (χ0n) is 21.5. The summed E-state index contributed by atoms with van der Waals surface area (Å²) < 4.78 is 16.2. The molecule has 0 aliphatic carbocycles. The van der Waals surface area contributed by atoms with Crippen LogP contribution in [0.25, 0.3) is 0 Å². The van der Waals surface area contributed by atoms with Gasteiger partial charge in [0.2, 0.25) is 0 Å². The largest absolute Gasteiger partial charge is 0.493 e. The third-order valence-electron chi connectivity index (χ3n) is 5.42. The van der Waals surface area contributed by atoms with Crippen LogP contribution < -0.4 is 9.64 Å². The average Bonchev–Trinajstić information content (AvgIpc) is 3.38. The number of hydrogen-bond acceptors (Lipinski definition) is 7. The number of esters is 1. The van der Waals surface area contributed by atoms with Crippen LogP contribution in [0.1, 0.15) is 49.2 Å². The minimum Gasteiger partial charge on any atom is -0.493 e. The second-order valence-corrected chi connectivity index (χ2v) is 10.4. The van der Waals surface area contributed by atoms with Gasteiger partial charge in [-0.3, -0.25) is 9.69 Å². The number of pyridine rings is 1. The van der Waals surface area contributed by atoms with Gasteiger partial charge in [-0.05, 0) is 68.5 Å². The lowest BCUT2D eigenvalue weighted by atomic mass is 9.94. The Morgan fingerprint density at radius 2 is 1.81 bits per heavy atom. The molecular formula is C28H34N2O5S. The fraction of sp³-hybridized carbons (Fsp3) is 0.393. The van der Waals surface area contributed by atoms with E-state index in [9.17, 15) is 9.59 Å². The average molecular weight is 511 g/mol. The highest BCUT2D eigenvalue weighted by molar-refractivity contribution is 7.10. The maximum absolute atomic E-state index is 12.3. The van der Waals surface area contributed by atoms with Crippen molar-refractivity contribution in [3.63, 3.8) is 0 Å². The molecule has 3 rings (SSSR count). The van der Waals surface area contributed by atoms with Crippen molar-refractivity contribution in [2.45, 2.75) is 51.6 Å². The first-order chi connectivity index (χ1) is 17.1. The maximum atomic E-state index is 12.3. The van der Waals surface area contributed by atoms with E-state index in [2.05, 4.69) is 11.1 Å². The maximum Gasteiger partial charge on any atom is 0.415 e.